The van der Waals surface area contributed by atoms with Gasteiger partial charge in [-0.05, 0) is 24.6 Å². The minimum Gasteiger partial charge on any atom is -0.507 e. The largest absolute Gasteiger partial charge is 0.507 e. The average molecular weight is 426 g/mol. The smallest absolute Gasteiger partial charge is 0.344 e. The Morgan fingerprint density at radius 3 is 2.55 bits per heavy atom. The summed E-state index contributed by atoms with van der Waals surface area (Å²) in [5.41, 5.74) is 0.116. The molecular weight excluding hydrogens is 408 g/mol. The second-order valence-electron chi connectivity index (χ2n) is 6.75. The number of carboxylic acids is 1. The zero-order chi connectivity index (χ0) is 22.5. The molecule has 3 rings (SSSR count). The fourth-order valence-electron chi connectivity index (χ4n) is 3.20. The molecule has 10 heteroatoms. The zero-order valence-electron chi connectivity index (χ0n) is 16.3. The van der Waals surface area contributed by atoms with Crippen LogP contribution in [0.15, 0.2) is 62.9 Å². The van der Waals surface area contributed by atoms with Gasteiger partial charge in [-0.1, -0.05) is 29.4 Å². The number of nitro benzene ring substituents is 1. The third kappa shape index (κ3) is 4.86. The van der Waals surface area contributed by atoms with Gasteiger partial charge in [0.25, 0.3) is 5.69 Å². The van der Waals surface area contributed by atoms with Crippen LogP contribution in [-0.2, 0) is 9.63 Å². The molecule has 1 unspecified atom stereocenters. The summed E-state index contributed by atoms with van der Waals surface area (Å²) < 4.78 is 5.36. The van der Waals surface area contributed by atoms with E-state index in [1.54, 1.807) is 31.2 Å². The number of hydrogen-bond donors (Lipinski definition) is 2. The quantitative estimate of drug-likeness (QED) is 0.240. The van der Waals surface area contributed by atoms with Crippen LogP contribution < -0.4 is 5.63 Å². The van der Waals surface area contributed by atoms with E-state index in [-0.39, 0.29) is 29.0 Å². The molecule has 0 amide bonds. The molecule has 0 aliphatic rings. The summed E-state index contributed by atoms with van der Waals surface area (Å²) in [5, 5.41) is 34.6. The van der Waals surface area contributed by atoms with E-state index in [1.807, 2.05) is 0 Å². The highest BCUT2D eigenvalue weighted by molar-refractivity contribution is 5.86. The van der Waals surface area contributed by atoms with Crippen LogP contribution in [0, 0.1) is 10.1 Å². The molecule has 0 saturated heterocycles. The highest BCUT2D eigenvalue weighted by Gasteiger charge is 2.26. The van der Waals surface area contributed by atoms with E-state index in [4.69, 9.17) is 14.4 Å². The second-order valence-corrected chi connectivity index (χ2v) is 6.75. The van der Waals surface area contributed by atoms with Gasteiger partial charge in [-0.2, -0.15) is 0 Å². The molecule has 0 spiro atoms. The van der Waals surface area contributed by atoms with Crippen molar-refractivity contribution in [1.29, 1.82) is 0 Å². The maximum atomic E-state index is 12.7. The van der Waals surface area contributed by atoms with Crippen molar-refractivity contribution in [3.63, 3.8) is 0 Å². The van der Waals surface area contributed by atoms with Gasteiger partial charge < -0.3 is 19.5 Å². The molecule has 2 N–H and O–H groups in total. The predicted molar refractivity (Wildman–Crippen MR) is 110 cm³/mol. The number of oxime groups is 1. The van der Waals surface area contributed by atoms with Gasteiger partial charge in [0.15, 0.2) is 0 Å². The third-order valence-electron chi connectivity index (χ3n) is 4.58. The molecule has 1 atom stereocenters. The number of aromatic hydroxyl groups is 1. The predicted octanol–water partition coefficient (Wildman–Crippen LogP) is 3.41. The number of carbonyl (C=O) groups is 1. The van der Waals surface area contributed by atoms with Crippen LogP contribution in [0.5, 0.6) is 5.75 Å². The topological polar surface area (TPSA) is 152 Å². The Morgan fingerprint density at radius 1 is 1.23 bits per heavy atom. The van der Waals surface area contributed by atoms with Crippen LogP contribution in [0.4, 0.5) is 5.69 Å². The van der Waals surface area contributed by atoms with Crippen LogP contribution in [0.25, 0.3) is 11.0 Å². The molecule has 1 heterocycles. The van der Waals surface area contributed by atoms with Crippen LogP contribution in [-0.4, -0.2) is 33.4 Å². The first kappa shape index (κ1) is 21.5. The molecule has 0 aliphatic carbocycles. The number of fused-ring (bicyclic) bond motifs is 1. The van der Waals surface area contributed by atoms with E-state index in [0.717, 1.165) is 0 Å². The average Bonchev–Trinajstić information content (AvgIpc) is 2.73. The summed E-state index contributed by atoms with van der Waals surface area (Å²) in [4.78, 5) is 38.5. The molecule has 0 radical (unpaired) electrons. The normalized spacial score (nSPS) is 12.5. The molecule has 1 aromatic heterocycles. The van der Waals surface area contributed by atoms with E-state index in [0.29, 0.717) is 16.7 Å². The summed E-state index contributed by atoms with van der Waals surface area (Å²) in [5.74, 6) is -2.25. The number of carboxylic acid groups (broad SMARTS) is 1. The maximum Gasteiger partial charge on any atom is 0.344 e. The molecule has 0 aliphatic heterocycles. The van der Waals surface area contributed by atoms with E-state index >= 15 is 0 Å². The van der Waals surface area contributed by atoms with E-state index in [9.17, 15) is 24.8 Å². The van der Waals surface area contributed by atoms with Gasteiger partial charge in [-0.25, -0.2) is 9.59 Å². The number of nitrogens with zero attached hydrogens (tertiary/aromatic N) is 2. The highest BCUT2D eigenvalue weighted by Crippen LogP contribution is 2.36. The van der Waals surface area contributed by atoms with Gasteiger partial charge in [-0.15, -0.1) is 0 Å². The van der Waals surface area contributed by atoms with Crippen molar-refractivity contribution in [2.45, 2.75) is 19.3 Å². The SMILES string of the molecule is C/C(CC(c1ccc([N+](=O)[O-])cc1)c1c(O)c2ccccc2oc1=O)=N\OCC(=O)O. The lowest BCUT2D eigenvalue weighted by Crippen LogP contribution is -2.17. The second kappa shape index (κ2) is 9.08. The van der Waals surface area contributed by atoms with Gasteiger partial charge in [-0.3, -0.25) is 10.1 Å². The lowest BCUT2D eigenvalue weighted by atomic mass is 9.86. The maximum absolute atomic E-state index is 12.7. The molecular formula is C21H18N2O8. The number of rotatable bonds is 8. The third-order valence-corrected chi connectivity index (χ3v) is 4.58. The van der Waals surface area contributed by atoms with Gasteiger partial charge in [0, 0.05) is 24.5 Å². The number of non-ortho nitro benzene ring substituents is 1. The number of benzene rings is 2. The van der Waals surface area contributed by atoms with Crippen molar-refractivity contribution in [2.24, 2.45) is 5.16 Å². The molecule has 160 valence electrons. The van der Waals surface area contributed by atoms with Crippen molar-refractivity contribution in [3.05, 3.63) is 80.2 Å². The first-order valence-corrected chi connectivity index (χ1v) is 9.14. The van der Waals surface area contributed by atoms with Crippen molar-refractivity contribution in [2.75, 3.05) is 6.61 Å². The molecule has 0 bridgehead atoms. The molecule has 0 fully saturated rings. The number of para-hydroxylation sites is 1. The van der Waals surface area contributed by atoms with Gasteiger partial charge in [0.1, 0.15) is 11.3 Å². The van der Waals surface area contributed by atoms with Crippen molar-refractivity contribution in [1.82, 2.24) is 0 Å². The Hall–Kier alpha value is -4.21. The molecule has 2 aromatic carbocycles. The van der Waals surface area contributed by atoms with E-state index in [2.05, 4.69) is 5.16 Å². The summed E-state index contributed by atoms with van der Waals surface area (Å²) in [6, 6.07) is 12.0. The van der Waals surface area contributed by atoms with Crippen LogP contribution in [0.2, 0.25) is 0 Å². The Kier molecular flexibility index (Phi) is 6.29. The molecule has 0 saturated carbocycles. The Labute approximate surface area is 175 Å². The number of aliphatic carboxylic acids is 1. The zero-order valence-corrected chi connectivity index (χ0v) is 16.3. The van der Waals surface area contributed by atoms with Crippen LogP contribution >= 0.6 is 0 Å². The van der Waals surface area contributed by atoms with Crippen LogP contribution in [0.3, 0.4) is 0 Å². The Balaban J connectivity index is 2.10. The molecule has 3 aromatic rings. The number of hydrogen-bond acceptors (Lipinski definition) is 8. The highest BCUT2D eigenvalue weighted by atomic mass is 16.6. The minimum absolute atomic E-state index is 0.0414. The van der Waals surface area contributed by atoms with Crippen molar-refractivity contribution >= 4 is 28.3 Å². The Morgan fingerprint density at radius 2 is 1.90 bits per heavy atom. The van der Waals surface area contributed by atoms with Gasteiger partial charge in [0.05, 0.1) is 21.6 Å². The fourth-order valence-corrected chi connectivity index (χ4v) is 3.20. The van der Waals surface area contributed by atoms with Gasteiger partial charge >= 0.3 is 11.6 Å². The van der Waals surface area contributed by atoms with E-state index in [1.165, 1.54) is 24.3 Å². The Bertz CT molecular complexity index is 1210. The number of nitro groups is 1. The van der Waals surface area contributed by atoms with Gasteiger partial charge in [0.2, 0.25) is 6.61 Å². The summed E-state index contributed by atoms with van der Waals surface area (Å²) in [6.45, 7) is 0.933. The van der Waals surface area contributed by atoms with Crippen molar-refractivity contribution in [3.8, 4) is 5.75 Å². The first-order valence-electron chi connectivity index (χ1n) is 9.14. The standard InChI is InChI=1S/C21H18N2O8/c1-12(22-30-11-18(24)25)10-16(13-6-8-14(9-7-13)23(28)29)19-20(26)15-4-2-3-5-17(15)31-21(19)27/h2-9,16,26H,10-11H2,1H3,(H,24,25)/b22-12+. The fraction of sp³-hybridized carbons (Fsp3) is 0.190. The lowest BCUT2D eigenvalue weighted by Gasteiger charge is -2.18. The summed E-state index contributed by atoms with van der Waals surface area (Å²) in [7, 11) is 0. The van der Waals surface area contributed by atoms with Crippen LogP contribution in [0.1, 0.15) is 30.4 Å². The molecule has 31 heavy (non-hydrogen) atoms. The van der Waals surface area contributed by atoms with Crippen molar-refractivity contribution < 1.29 is 29.2 Å². The summed E-state index contributed by atoms with van der Waals surface area (Å²) in [6.07, 6.45) is 0.0636. The lowest BCUT2D eigenvalue weighted by molar-refractivity contribution is -0.384. The monoisotopic (exact) mass is 426 g/mol. The minimum atomic E-state index is -1.20. The summed E-state index contributed by atoms with van der Waals surface area (Å²) >= 11 is 0. The van der Waals surface area contributed by atoms with E-state index < -0.39 is 29.0 Å². The first-order chi connectivity index (χ1) is 14.8. The molecule has 10 nitrogen and oxygen atoms in total.